The number of hydrogen-bond donors (Lipinski definition) is 1. The molecule has 0 bridgehead atoms. The van der Waals surface area contributed by atoms with E-state index in [1.807, 2.05) is 0 Å². The number of amides is 2. The van der Waals surface area contributed by atoms with Crippen molar-refractivity contribution in [1.29, 1.82) is 0 Å². The Bertz CT molecular complexity index is 474. The summed E-state index contributed by atoms with van der Waals surface area (Å²) in [6, 6.07) is 3.68. The van der Waals surface area contributed by atoms with Gasteiger partial charge in [-0.3, -0.25) is 9.59 Å². The van der Waals surface area contributed by atoms with E-state index in [2.05, 4.69) is 26.2 Å². The number of aromatic nitrogens is 1. The first-order valence-electron chi connectivity index (χ1n) is 5.73. The molecular weight excluding hydrogens is 298 g/mol. The number of nitrogens with zero attached hydrogens (tertiary/aromatic N) is 2. The van der Waals surface area contributed by atoms with Crippen molar-refractivity contribution in [3.05, 3.63) is 28.5 Å². The van der Waals surface area contributed by atoms with Crippen molar-refractivity contribution in [2.45, 2.75) is 18.9 Å². The lowest BCUT2D eigenvalue weighted by Gasteiger charge is -2.17. The summed E-state index contributed by atoms with van der Waals surface area (Å²) in [5.74, 6) is -0.339. The number of carbonyl (C=O) groups is 2. The maximum Gasteiger partial charge on any atom is 0.256 e. The van der Waals surface area contributed by atoms with Crippen LogP contribution in [0.5, 0.6) is 0 Å². The Hall–Kier alpha value is -1.43. The van der Waals surface area contributed by atoms with Crippen LogP contribution in [0, 0.1) is 0 Å². The van der Waals surface area contributed by atoms with Crippen LogP contribution in [0.4, 0.5) is 0 Å². The molecule has 18 heavy (non-hydrogen) atoms. The van der Waals surface area contributed by atoms with E-state index < -0.39 is 0 Å². The van der Waals surface area contributed by atoms with E-state index in [0.29, 0.717) is 16.2 Å². The topological polar surface area (TPSA) is 62.3 Å². The molecule has 0 radical (unpaired) electrons. The lowest BCUT2D eigenvalue weighted by atomic mass is 10.2. The molecule has 0 aromatic carbocycles. The first-order chi connectivity index (χ1) is 8.58. The fraction of sp³-hybridized carbons (Fsp3) is 0.417. The van der Waals surface area contributed by atoms with E-state index in [0.717, 1.165) is 12.8 Å². The van der Waals surface area contributed by atoms with Gasteiger partial charge in [0.15, 0.2) is 0 Å². The molecule has 6 heteroatoms. The van der Waals surface area contributed by atoms with Crippen LogP contribution in [0.2, 0.25) is 0 Å². The summed E-state index contributed by atoms with van der Waals surface area (Å²) in [6.45, 7) is 0.0661. The van der Waals surface area contributed by atoms with Crippen LogP contribution in [0.3, 0.4) is 0 Å². The maximum absolute atomic E-state index is 12.1. The monoisotopic (exact) mass is 311 g/mol. The predicted octanol–water partition coefficient (Wildman–Crippen LogP) is 1.19. The Morgan fingerprint density at radius 1 is 1.56 bits per heavy atom. The largest absolute Gasteiger partial charge is 0.352 e. The minimum absolute atomic E-state index is 0.0661. The third-order valence-electron chi connectivity index (χ3n) is 2.66. The molecular formula is C12H14BrN3O2. The number of carbonyl (C=O) groups excluding carboxylic acids is 2. The van der Waals surface area contributed by atoms with Crippen molar-refractivity contribution < 1.29 is 9.59 Å². The van der Waals surface area contributed by atoms with Gasteiger partial charge < -0.3 is 10.2 Å². The molecule has 1 aliphatic carbocycles. The number of nitrogens with one attached hydrogen (secondary N) is 1. The van der Waals surface area contributed by atoms with E-state index >= 15 is 0 Å². The molecule has 1 N–H and O–H groups in total. The van der Waals surface area contributed by atoms with E-state index in [9.17, 15) is 9.59 Å². The van der Waals surface area contributed by atoms with Crippen molar-refractivity contribution >= 4 is 27.7 Å². The quantitative estimate of drug-likeness (QED) is 0.850. The van der Waals surface area contributed by atoms with Crippen LogP contribution in [0.25, 0.3) is 0 Å². The SMILES string of the molecule is CN(CC(=O)NC1CC1)C(=O)c1cccnc1Br. The summed E-state index contributed by atoms with van der Waals surface area (Å²) in [5, 5.41) is 2.85. The fourth-order valence-electron chi connectivity index (χ4n) is 1.54. The molecule has 2 amide bonds. The van der Waals surface area contributed by atoms with Crippen LogP contribution < -0.4 is 5.32 Å². The fourth-order valence-corrected chi connectivity index (χ4v) is 1.96. The van der Waals surface area contributed by atoms with Crippen LogP contribution >= 0.6 is 15.9 Å². The van der Waals surface area contributed by atoms with Gasteiger partial charge in [-0.05, 0) is 40.9 Å². The molecule has 1 fully saturated rings. The minimum atomic E-state index is -0.221. The predicted molar refractivity (Wildman–Crippen MR) is 70.1 cm³/mol. The van der Waals surface area contributed by atoms with E-state index in [1.54, 1.807) is 25.4 Å². The Morgan fingerprint density at radius 2 is 2.28 bits per heavy atom. The van der Waals surface area contributed by atoms with Crippen LogP contribution in [0.1, 0.15) is 23.2 Å². The molecule has 96 valence electrons. The first kappa shape index (κ1) is 13.0. The zero-order chi connectivity index (χ0) is 13.1. The van der Waals surface area contributed by atoms with Crippen LogP contribution in [-0.2, 0) is 4.79 Å². The number of pyridine rings is 1. The van der Waals surface area contributed by atoms with Crippen molar-refractivity contribution in [2.24, 2.45) is 0 Å². The molecule has 0 atom stereocenters. The number of rotatable bonds is 4. The van der Waals surface area contributed by atoms with Gasteiger partial charge in [0.2, 0.25) is 5.91 Å². The zero-order valence-electron chi connectivity index (χ0n) is 10.0. The average Bonchev–Trinajstić information content (AvgIpc) is 3.12. The van der Waals surface area contributed by atoms with Crippen LogP contribution in [0.15, 0.2) is 22.9 Å². The van der Waals surface area contributed by atoms with Gasteiger partial charge in [0.05, 0.1) is 12.1 Å². The highest BCUT2D eigenvalue weighted by Crippen LogP contribution is 2.18. The van der Waals surface area contributed by atoms with Gasteiger partial charge in [-0.2, -0.15) is 0 Å². The Kier molecular flexibility index (Phi) is 3.96. The lowest BCUT2D eigenvalue weighted by Crippen LogP contribution is -2.39. The summed E-state index contributed by atoms with van der Waals surface area (Å²) in [7, 11) is 1.61. The highest BCUT2D eigenvalue weighted by Gasteiger charge is 2.24. The van der Waals surface area contributed by atoms with E-state index in [4.69, 9.17) is 0 Å². The molecule has 0 unspecified atom stereocenters. The summed E-state index contributed by atoms with van der Waals surface area (Å²) in [6.07, 6.45) is 3.68. The number of halogens is 1. The summed E-state index contributed by atoms with van der Waals surface area (Å²) in [5.41, 5.74) is 0.458. The smallest absolute Gasteiger partial charge is 0.256 e. The van der Waals surface area contributed by atoms with Crippen LogP contribution in [-0.4, -0.2) is 41.3 Å². The Labute approximate surface area is 114 Å². The van der Waals surface area contributed by atoms with Gasteiger partial charge in [-0.25, -0.2) is 4.98 Å². The maximum atomic E-state index is 12.1. The second kappa shape index (κ2) is 5.48. The van der Waals surface area contributed by atoms with Gasteiger partial charge in [0.1, 0.15) is 4.60 Å². The van der Waals surface area contributed by atoms with Gasteiger partial charge in [0.25, 0.3) is 5.91 Å². The molecule has 2 rings (SSSR count). The molecule has 1 aromatic rings. The van der Waals surface area contributed by atoms with E-state index in [-0.39, 0.29) is 18.4 Å². The van der Waals surface area contributed by atoms with Crippen molar-refractivity contribution in [3.63, 3.8) is 0 Å². The molecule has 1 heterocycles. The van der Waals surface area contributed by atoms with Gasteiger partial charge >= 0.3 is 0 Å². The molecule has 0 spiro atoms. The molecule has 0 aliphatic heterocycles. The zero-order valence-corrected chi connectivity index (χ0v) is 11.6. The van der Waals surface area contributed by atoms with Gasteiger partial charge in [-0.1, -0.05) is 0 Å². The third kappa shape index (κ3) is 3.29. The van der Waals surface area contributed by atoms with Crippen molar-refractivity contribution in [3.8, 4) is 0 Å². The number of hydrogen-bond acceptors (Lipinski definition) is 3. The van der Waals surface area contributed by atoms with Crippen molar-refractivity contribution in [2.75, 3.05) is 13.6 Å². The van der Waals surface area contributed by atoms with Gasteiger partial charge in [-0.15, -0.1) is 0 Å². The normalized spacial score (nSPS) is 14.1. The minimum Gasteiger partial charge on any atom is -0.352 e. The summed E-state index contributed by atoms with van der Waals surface area (Å²) >= 11 is 3.22. The number of likely N-dealkylation sites (N-methyl/N-ethyl adjacent to an activating group) is 1. The molecule has 1 aliphatic rings. The Morgan fingerprint density at radius 3 is 2.89 bits per heavy atom. The molecule has 0 saturated heterocycles. The highest BCUT2D eigenvalue weighted by atomic mass is 79.9. The highest BCUT2D eigenvalue weighted by molar-refractivity contribution is 9.10. The molecule has 5 nitrogen and oxygen atoms in total. The lowest BCUT2D eigenvalue weighted by molar-refractivity contribution is -0.121. The molecule has 1 saturated carbocycles. The van der Waals surface area contributed by atoms with Gasteiger partial charge in [0, 0.05) is 19.3 Å². The van der Waals surface area contributed by atoms with Crippen molar-refractivity contribution in [1.82, 2.24) is 15.2 Å². The second-order valence-electron chi connectivity index (χ2n) is 4.34. The average molecular weight is 312 g/mol. The standard InChI is InChI=1S/C12H14BrN3O2/c1-16(7-10(17)15-8-4-5-8)12(18)9-3-2-6-14-11(9)13/h2-3,6,8H,4-5,7H2,1H3,(H,15,17). The summed E-state index contributed by atoms with van der Waals surface area (Å²) in [4.78, 5) is 29.0. The summed E-state index contributed by atoms with van der Waals surface area (Å²) < 4.78 is 0.490. The second-order valence-corrected chi connectivity index (χ2v) is 5.10. The Balaban J connectivity index is 1.95. The third-order valence-corrected chi connectivity index (χ3v) is 3.29. The van der Waals surface area contributed by atoms with E-state index in [1.165, 1.54) is 4.90 Å². The molecule has 1 aromatic heterocycles. The first-order valence-corrected chi connectivity index (χ1v) is 6.52.